The van der Waals surface area contributed by atoms with E-state index in [0.717, 1.165) is 0 Å². The number of aliphatic imine (C=N–C) groups is 1. The highest BCUT2D eigenvalue weighted by Gasteiger charge is 1.91. The lowest BCUT2D eigenvalue weighted by Gasteiger charge is -1.80. The summed E-state index contributed by atoms with van der Waals surface area (Å²) in [6, 6.07) is 0. The predicted octanol–water partition coefficient (Wildman–Crippen LogP) is 0.219. The fourth-order valence-corrected chi connectivity index (χ4v) is 0.197. The molecule has 0 spiro atoms. The maximum absolute atomic E-state index is 9.68. The molecule has 0 bridgehead atoms. The summed E-state index contributed by atoms with van der Waals surface area (Å²) in [5.74, 6) is -0.955. The number of carboxylic acids is 1. The van der Waals surface area contributed by atoms with Crippen LogP contribution in [0.15, 0.2) is 4.99 Å². The number of rotatable bonds is 3. The number of hydrogen-bond donors (Lipinski definition) is 1. The Bertz CT molecular complexity index is 128. The van der Waals surface area contributed by atoms with E-state index in [-0.39, 0.29) is 25.4 Å². The van der Waals surface area contributed by atoms with E-state index in [1.54, 1.807) is 0 Å². The second-order valence-corrected chi connectivity index (χ2v) is 1.12. The normalized spacial score (nSPS) is 6.67. The van der Waals surface area contributed by atoms with Gasteiger partial charge in [-0.05, 0) is 0 Å². The lowest BCUT2D eigenvalue weighted by Crippen LogP contribution is -1.95. The highest BCUT2D eigenvalue weighted by atomic mass is 35.5. The Morgan fingerprint density at radius 2 is 2.22 bits per heavy atom. The monoisotopic (exact) mass is 151 g/mol. The second-order valence-electron chi connectivity index (χ2n) is 1.12. The van der Waals surface area contributed by atoms with Crippen LogP contribution in [0.1, 0.15) is 6.42 Å². The van der Waals surface area contributed by atoms with Gasteiger partial charge in [-0.3, -0.25) is 4.79 Å². The van der Waals surface area contributed by atoms with Gasteiger partial charge in [0.2, 0.25) is 6.08 Å². The summed E-state index contributed by atoms with van der Waals surface area (Å²) in [5, 5.41) is 7.95. The number of carbonyl (C=O) groups is 1. The fraction of sp³-hybridized carbons (Fsp3) is 0.500. The van der Waals surface area contributed by atoms with Crippen molar-refractivity contribution < 1.29 is 14.7 Å². The Hall–Kier alpha value is -0.860. The summed E-state index contributed by atoms with van der Waals surface area (Å²) in [7, 11) is 0. The first-order valence-corrected chi connectivity index (χ1v) is 2.03. The highest BCUT2D eigenvalue weighted by molar-refractivity contribution is 5.85. The van der Waals surface area contributed by atoms with Gasteiger partial charge in [0.15, 0.2) is 0 Å². The number of nitrogens with zero attached hydrogens (tertiary/aromatic N) is 1. The SMILES string of the molecule is Cl.O=C=NCCC(=O)O. The molecule has 0 saturated carbocycles. The fourth-order valence-electron chi connectivity index (χ4n) is 0.197. The molecule has 0 amide bonds. The zero-order chi connectivity index (χ0) is 6.41. The van der Waals surface area contributed by atoms with Crippen LogP contribution < -0.4 is 0 Å². The van der Waals surface area contributed by atoms with Crippen molar-refractivity contribution in [3.05, 3.63) is 0 Å². The molecule has 0 aromatic heterocycles. The maximum Gasteiger partial charge on any atom is 0.305 e. The summed E-state index contributed by atoms with van der Waals surface area (Å²) in [6.07, 6.45) is 1.13. The molecule has 0 radical (unpaired) electrons. The summed E-state index contributed by atoms with van der Waals surface area (Å²) >= 11 is 0. The van der Waals surface area contributed by atoms with Gasteiger partial charge in [-0.15, -0.1) is 12.4 Å². The Labute approximate surface area is 58.0 Å². The van der Waals surface area contributed by atoms with E-state index in [4.69, 9.17) is 5.11 Å². The van der Waals surface area contributed by atoms with Crippen LogP contribution in [0.3, 0.4) is 0 Å². The molecule has 0 aliphatic heterocycles. The van der Waals surface area contributed by atoms with Crippen molar-refractivity contribution in [2.24, 2.45) is 4.99 Å². The van der Waals surface area contributed by atoms with Gasteiger partial charge in [0.25, 0.3) is 0 Å². The quantitative estimate of drug-likeness (QED) is 0.464. The molecule has 1 N–H and O–H groups in total. The van der Waals surface area contributed by atoms with Gasteiger partial charge in [0, 0.05) is 0 Å². The van der Waals surface area contributed by atoms with Gasteiger partial charge in [-0.25, -0.2) is 9.79 Å². The molecule has 0 aliphatic carbocycles. The van der Waals surface area contributed by atoms with Gasteiger partial charge >= 0.3 is 5.97 Å². The third kappa shape index (κ3) is 11.0. The molecular weight excluding hydrogens is 146 g/mol. The largest absolute Gasteiger partial charge is 0.481 e. The van der Waals surface area contributed by atoms with E-state index in [9.17, 15) is 9.59 Å². The van der Waals surface area contributed by atoms with E-state index in [2.05, 4.69) is 4.99 Å². The van der Waals surface area contributed by atoms with Gasteiger partial charge in [-0.1, -0.05) is 0 Å². The van der Waals surface area contributed by atoms with Gasteiger partial charge in [0.1, 0.15) is 0 Å². The van der Waals surface area contributed by atoms with Crippen molar-refractivity contribution in [1.29, 1.82) is 0 Å². The smallest absolute Gasteiger partial charge is 0.305 e. The topological polar surface area (TPSA) is 66.7 Å². The summed E-state index contributed by atoms with van der Waals surface area (Å²) in [4.78, 5) is 22.0. The first-order chi connectivity index (χ1) is 3.77. The van der Waals surface area contributed by atoms with Crippen molar-refractivity contribution in [3.8, 4) is 0 Å². The first kappa shape index (κ1) is 11.0. The molecule has 0 saturated heterocycles. The predicted molar refractivity (Wildman–Crippen MR) is 32.5 cm³/mol. The maximum atomic E-state index is 9.68. The van der Waals surface area contributed by atoms with Crippen molar-refractivity contribution >= 4 is 24.5 Å². The molecule has 5 heteroatoms. The van der Waals surface area contributed by atoms with Crippen LogP contribution in [0.4, 0.5) is 0 Å². The van der Waals surface area contributed by atoms with Crippen molar-refractivity contribution in [2.45, 2.75) is 6.42 Å². The minimum absolute atomic E-state index is 0. The molecule has 52 valence electrons. The van der Waals surface area contributed by atoms with Crippen molar-refractivity contribution in [2.75, 3.05) is 6.54 Å². The molecule has 0 unspecified atom stereocenters. The lowest BCUT2D eigenvalue weighted by molar-refractivity contribution is -0.136. The molecule has 0 aromatic rings. The number of carboxylic acid groups (broad SMARTS) is 1. The van der Waals surface area contributed by atoms with Gasteiger partial charge in [-0.2, -0.15) is 0 Å². The number of aliphatic carboxylic acids is 1. The highest BCUT2D eigenvalue weighted by Crippen LogP contribution is 1.76. The molecule has 0 fully saturated rings. The third-order valence-corrected chi connectivity index (χ3v) is 0.502. The minimum atomic E-state index is -0.955. The van der Waals surface area contributed by atoms with E-state index < -0.39 is 5.97 Å². The number of halogens is 1. The van der Waals surface area contributed by atoms with Crippen LogP contribution in [0.25, 0.3) is 0 Å². The Morgan fingerprint density at radius 3 is 2.56 bits per heavy atom. The Morgan fingerprint density at radius 1 is 1.67 bits per heavy atom. The van der Waals surface area contributed by atoms with Crippen LogP contribution in [0, 0.1) is 0 Å². The van der Waals surface area contributed by atoms with E-state index in [0.29, 0.717) is 0 Å². The zero-order valence-corrected chi connectivity index (χ0v) is 5.35. The van der Waals surface area contributed by atoms with Crippen LogP contribution >= 0.6 is 12.4 Å². The van der Waals surface area contributed by atoms with Crippen molar-refractivity contribution in [3.63, 3.8) is 0 Å². The standard InChI is InChI=1S/C4H5NO3.ClH/c6-3-5-2-1-4(7)8;/h1-2H2,(H,7,8);1H. The first-order valence-electron chi connectivity index (χ1n) is 2.03. The Balaban J connectivity index is 0. The number of carbonyl (C=O) groups excluding carboxylic acids is 1. The molecule has 0 heterocycles. The molecule has 0 atom stereocenters. The average Bonchev–Trinajstić information content (AvgIpc) is 1.66. The van der Waals surface area contributed by atoms with Crippen LogP contribution in [-0.2, 0) is 9.59 Å². The van der Waals surface area contributed by atoms with Gasteiger partial charge in [0.05, 0.1) is 13.0 Å². The summed E-state index contributed by atoms with van der Waals surface area (Å²) < 4.78 is 0. The summed E-state index contributed by atoms with van der Waals surface area (Å²) in [6.45, 7) is 0.0266. The second kappa shape index (κ2) is 7.14. The Kier molecular flexibility index (Phi) is 8.73. The van der Waals surface area contributed by atoms with Crippen LogP contribution in [0.2, 0.25) is 0 Å². The molecule has 0 rings (SSSR count). The van der Waals surface area contributed by atoms with E-state index >= 15 is 0 Å². The average molecular weight is 152 g/mol. The lowest BCUT2D eigenvalue weighted by atomic mass is 10.4. The molecule has 0 aliphatic rings. The minimum Gasteiger partial charge on any atom is -0.481 e. The van der Waals surface area contributed by atoms with Gasteiger partial charge < -0.3 is 5.11 Å². The molecule has 4 nitrogen and oxygen atoms in total. The molecular formula is C4H6ClNO3. The van der Waals surface area contributed by atoms with Crippen LogP contribution in [-0.4, -0.2) is 23.7 Å². The van der Waals surface area contributed by atoms with E-state index in [1.165, 1.54) is 6.08 Å². The third-order valence-electron chi connectivity index (χ3n) is 0.502. The van der Waals surface area contributed by atoms with Crippen molar-refractivity contribution in [1.82, 2.24) is 0 Å². The summed E-state index contributed by atoms with van der Waals surface area (Å²) in [5.41, 5.74) is 0. The molecule has 9 heavy (non-hydrogen) atoms. The van der Waals surface area contributed by atoms with Crippen LogP contribution in [0.5, 0.6) is 0 Å². The number of hydrogen-bond acceptors (Lipinski definition) is 3. The van der Waals surface area contributed by atoms with E-state index in [1.807, 2.05) is 0 Å². The zero-order valence-electron chi connectivity index (χ0n) is 4.53. The number of isocyanates is 1. The molecule has 0 aromatic carbocycles.